The third kappa shape index (κ3) is 6.98. The van der Waals surface area contributed by atoms with Crippen molar-refractivity contribution in [1.29, 1.82) is 0 Å². The van der Waals surface area contributed by atoms with Crippen LogP contribution in [0.25, 0.3) is 0 Å². The average molecular weight is 294 g/mol. The van der Waals surface area contributed by atoms with E-state index in [0.717, 1.165) is 6.54 Å². The van der Waals surface area contributed by atoms with Crippen LogP contribution in [-0.2, 0) is 0 Å². The maximum absolute atomic E-state index is 12.3. The fourth-order valence-electron chi connectivity index (χ4n) is 2.13. The molecule has 1 aliphatic rings. The molecule has 1 fully saturated rings. The Hall–Kier alpha value is -0.980. The number of guanidine groups is 1. The molecule has 0 amide bonds. The molecule has 1 saturated heterocycles. The first-order valence-corrected chi connectivity index (χ1v) is 7.14. The standard InChI is InChI=1S/C13H25F3N4/c1-4-17-12(18-7-10(2)3)19-11-5-6-20(8-11)9-13(14,15)16/h10-11H,4-9H2,1-3H3,(H2,17,18,19). The van der Waals surface area contributed by atoms with Gasteiger partial charge in [0.1, 0.15) is 0 Å². The summed E-state index contributed by atoms with van der Waals surface area (Å²) < 4.78 is 37.0. The summed E-state index contributed by atoms with van der Waals surface area (Å²) in [5.74, 6) is 1.15. The van der Waals surface area contributed by atoms with Gasteiger partial charge in [0.05, 0.1) is 6.54 Å². The number of hydrogen-bond acceptors (Lipinski definition) is 2. The lowest BCUT2D eigenvalue weighted by molar-refractivity contribution is -0.143. The molecule has 1 atom stereocenters. The Bertz CT molecular complexity index is 315. The summed E-state index contributed by atoms with van der Waals surface area (Å²) in [5, 5.41) is 6.34. The van der Waals surface area contributed by atoms with Gasteiger partial charge in [-0.05, 0) is 19.3 Å². The minimum atomic E-state index is -4.12. The highest BCUT2D eigenvalue weighted by atomic mass is 19.4. The second-order valence-electron chi connectivity index (χ2n) is 5.59. The van der Waals surface area contributed by atoms with E-state index in [1.165, 1.54) is 4.90 Å². The average Bonchev–Trinajstić information content (AvgIpc) is 2.71. The zero-order chi connectivity index (χ0) is 15.2. The number of rotatable bonds is 5. The van der Waals surface area contributed by atoms with Crippen molar-refractivity contribution in [2.45, 2.75) is 39.4 Å². The van der Waals surface area contributed by atoms with Gasteiger partial charge < -0.3 is 10.6 Å². The molecule has 1 aliphatic heterocycles. The van der Waals surface area contributed by atoms with Crippen LogP contribution in [0.3, 0.4) is 0 Å². The smallest absolute Gasteiger partial charge is 0.357 e. The van der Waals surface area contributed by atoms with Crippen LogP contribution in [0.1, 0.15) is 27.2 Å². The van der Waals surface area contributed by atoms with E-state index in [2.05, 4.69) is 29.5 Å². The first-order chi connectivity index (χ1) is 9.30. The van der Waals surface area contributed by atoms with E-state index >= 15 is 0 Å². The summed E-state index contributed by atoms with van der Waals surface area (Å²) in [6.07, 6.45) is -3.41. The zero-order valence-corrected chi connectivity index (χ0v) is 12.4. The highest BCUT2D eigenvalue weighted by Crippen LogP contribution is 2.19. The molecule has 0 radical (unpaired) electrons. The van der Waals surface area contributed by atoms with E-state index in [9.17, 15) is 13.2 Å². The van der Waals surface area contributed by atoms with Gasteiger partial charge in [0.15, 0.2) is 5.96 Å². The normalized spacial score (nSPS) is 21.6. The van der Waals surface area contributed by atoms with Crippen LogP contribution in [0, 0.1) is 5.92 Å². The number of alkyl halides is 3. The maximum Gasteiger partial charge on any atom is 0.401 e. The van der Waals surface area contributed by atoms with Crippen LogP contribution in [-0.4, -0.2) is 55.8 Å². The molecular formula is C13H25F3N4. The van der Waals surface area contributed by atoms with E-state index < -0.39 is 12.7 Å². The van der Waals surface area contributed by atoms with Crippen molar-refractivity contribution in [2.24, 2.45) is 10.9 Å². The monoisotopic (exact) mass is 294 g/mol. The largest absolute Gasteiger partial charge is 0.401 e. The third-order valence-corrected chi connectivity index (χ3v) is 2.97. The number of hydrogen-bond donors (Lipinski definition) is 2. The van der Waals surface area contributed by atoms with Crippen LogP contribution >= 0.6 is 0 Å². The number of nitrogens with one attached hydrogen (secondary N) is 2. The quantitative estimate of drug-likeness (QED) is 0.600. The molecule has 0 bridgehead atoms. The molecule has 7 heteroatoms. The van der Waals surface area contributed by atoms with Gasteiger partial charge >= 0.3 is 6.18 Å². The molecular weight excluding hydrogens is 269 g/mol. The Morgan fingerprint density at radius 2 is 2.10 bits per heavy atom. The van der Waals surface area contributed by atoms with Gasteiger partial charge in [0, 0.05) is 32.2 Å². The molecule has 1 rings (SSSR count). The molecule has 118 valence electrons. The molecule has 2 N–H and O–H groups in total. The Morgan fingerprint density at radius 3 is 2.65 bits per heavy atom. The molecule has 0 spiro atoms. The fourth-order valence-corrected chi connectivity index (χ4v) is 2.13. The zero-order valence-electron chi connectivity index (χ0n) is 12.4. The van der Waals surface area contributed by atoms with Crippen LogP contribution in [0.4, 0.5) is 13.2 Å². The molecule has 0 saturated carbocycles. The molecule has 20 heavy (non-hydrogen) atoms. The maximum atomic E-state index is 12.3. The molecule has 0 aromatic rings. The predicted molar refractivity (Wildman–Crippen MR) is 74.9 cm³/mol. The summed E-state index contributed by atoms with van der Waals surface area (Å²) >= 11 is 0. The molecule has 1 heterocycles. The first kappa shape index (κ1) is 17.1. The topological polar surface area (TPSA) is 39.7 Å². The molecule has 0 aliphatic carbocycles. The van der Waals surface area contributed by atoms with Gasteiger partial charge in [0.2, 0.25) is 0 Å². The summed E-state index contributed by atoms with van der Waals surface area (Å²) in [5.41, 5.74) is 0. The molecule has 4 nitrogen and oxygen atoms in total. The minimum Gasteiger partial charge on any atom is -0.357 e. The van der Waals surface area contributed by atoms with Crippen molar-refractivity contribution in [3.63, 3.8) is 0 Å². The summed E-state index contributed by atoms with van der Waals surface area (Å²) in [4.78, 5) is 5.86. The predicted octanol–water partition coefficient (Wildman–Crippen LogP) is 1.83. The van der Waals surface area contributed by atoms with Crippen molar-refractivity contribution in [2.75, 3.05) is 32.7 Å². The number of aliphatic imine (C=N–C) groups is 1. The van der Waals surface area contributed by atoms with E-state index in [1.807, 2.05) is 6.92 Å². The number of nitrogens with zero attached hydrogens (tertiary/aromatic N) is 2. The van der Waals surface area contributed by atoms with Gasteiger partial charge in [-0.15, -0.1) is 0 Å². The van der Waals surface area contributed by atoms with Crippen molar-refractivity contribution < 1.29 is 13.2 Å². The first-order valence-electron chi connectivity index (χ1n) is 7.14. The van der Waals surface area contributed by atoms with Gasteiger partial charge in [-0.25, -0.2) is 0 Å². The highest BCUT2D eigenvalue weighted by molar-refractivity contribution is 5.80. The Labute approximate surface area is 118 Å². The van der Waals surface area contributed by atoms with Crippen LogP contribution in [0.5, 0.6) is 0 Å². The molecule has 0 aromatic heterocycles. The van der Waals surface area contributed by atoms with E-state index in [-0.39, 0.29) is 6.04 Å². The lowest BCUT2D eigenvalue weighted by Gasteiger charge is -2.20. The Balaban J connectivity index is 2.44. The number of halogens is 3. The van der Waals surface area contributed by atoms with Crippen molar-refractivity contribution in [1.82, 2.24) is 15.5 Å². The van der Waals surface area contributed by atoms with E-state index in [4.69, 9.17) is 0 Å². The summed E-state index contributed by atoms with van der Waals surface area (Å²) in [6, 6.07) is 0.0299. The Morgan fingerprint density at radius 1 is 1.40 bits per heavy atom. The van der Waals surface area contributed by atoms with Gasteiger partial charge in [-0.3, -0.25) is 9.89 Å². The van der Waals surface area contributed by atoms with Crippen molar-refractivity contribution >= 4 is 5.96 Å². The van der Waals surface area contributed by atoms with Gasteiger partial charge in [0.25, 0.3) is 0 Å². The van der Waals surface area contributed by atoms with Crippen LogP contribution < -0.4 is 10.6 Å². The van der Waals surface area contributed by atoms with Crippen molar-refractivity contribution in [3.05, 3.63) is 0 Å². The van der Waals surface area contributed by atoms with Crippen LogP contribution in [0.2, 0.25) is 0 Å². The van der Waals surface area contributed by atoms with E-state index in [1.54, 1.807) is 0 Å². The van der Waals surface area contributed by atoms with Crippen molar-refractivity contribution in [3.8, 4) is 0 Å². The van der Waals surface area contributed by atoms with Crippen LogP contribution in [0.15, 0.2) is 4.99 Å². The lowest BCUT2D eigenvalue weighted by Crippen LogP contribution is -2.45. The minimum absolute atomic E-state index is 0.0299. The van der Waals surface area contributed by atoms with Gasteiger partial charge in [-0.1, -0.05) is 13.8 Å². The fraction of sp³-hybridized carbons (Fsp3) is 0.923. The van der Waals surface area contributed by atoms with Gasteiger partial charge in [-0.2, -0.15) is 13.2 Å². The summed E-state index contributed by atoms with van der Waals surface area (Å²) in [7, 11) is 0. The Kier molecular flexibility index (Phi) is 6.58. The highest BCUT2D eigenvalue weighted by Gasteiger charge is 2.34. The SMILES string of the molecule is CCNC(=NCC(C)C)NC1CCN(CC(F)(F)F)C1. The second kappa shape index (κ2) is 7.71. The van der Waals surface area contributed by atoms with E-state index in [0.29, 0.717) is 37.9 Å². The molecule has 1 unspecified atom stereocenters. The molecule has 0 aromatic carbocycles. The summed E-state index contributed by atoms with van der Waals surface area (Å²) in [6.45, 7) is 7.62. The lowest BCUT2D eigenvalue weighted by atomic mass is 10.2. The second-order valence-corrected chi connectivity index (χ2v) is 5.59. The number of likely N-dealkylation sites (tertiary alicyclic amines) is 1. The third-order valence-electron chi connectivity index (χ3n) is 2.97.